The molecule has 0 atom stereocenters. The molecule has 4 heterocycles. The first-order chi connectivity index (χ1) is 19.8. The van der Waals surface area contributed by atoms with Crippen molar-refractivity contribution >= 4 is 45.3 Å². The topological polar surface area (TPSA) is 25.8 Å². The number of aromatic nitrogens is 2. The highest BCUT2D eigenvalue weighted by molar-refractivity contribution is 7.28. The highest BCUT2D eigenvalue weighted by Crippen LogP contribution is 2.43. The van der Waals surface area contributed by atoms with E-state index in [2.05, 4.69) is 48.9 Å². The minimum atomic E-state index is 1.07. The predicted octanol–water partition coefficient (Wildman–Crippen LogP) is 13.1. The molecule has 0 bridgehead atoms. The molecule has 0 saturated carbocycles. The molecule has 0 aliphatic rings. The van der Waals surface area contributed by atoms with Crippen molar-refractivity contribution in [3.8, 4) is 29.5 Å². The first-order valence-corrected chi connectivity index (χ1v) is 19.3. The Hall–Kier alpha value is -1.34. The second-order valence-electron chi connectivity index (χ2n) is 11.0. The predicted molar refractivity (Wildman–Crippen MR) is 182 cm³/mol. The second-order valence-corrected chi connectivity index (χ2v) is 14.9. The molecule has 0 spiro atoms. The Morgan fingerprint density at radius 2 is 1.18 bits per heavy atom. The first kappa shape index (κ1) is 31.6. The summed E-state index contributed by atoms with van der Waals surface area (Å²) in [5.74, 6) is 0. The summed E-state index contributed by atoms with van der Waals surface area (Å²) in [5.41, 5.74) is 2.54. The normalized spacial score (nSPS) is 11.6. The summed E-state index contributed by atoms with van der Waals surface area (Å²) in [4.78, 5) is 15.7. The standard InChI is InChI=1S/C34H48N2S4/c1-3-5-7-9-11-13-15-17-20-27-26-38-33(35-27)34-36-28(21-18-16-14-12-10-8-6-4-2)32(40-34)31-24-23-30(39-31)29-22-19-25-37-29/h19,22-26H,3-18,20-21H2,1-2H3. The first-order valence-electron chi connectivity index (χ1n) is 15.9. The van der Waals surface area contributed by atoms with E-state index in [4.69, 9.17) is 9.97 Å². The smallest absolute Gasteiger partial charge is 0.153 e. The van der Waals surface area contributed by atoms with Crippen LogP contribution in [0.1, 0.15) is 128 Å². The highest BCUT2D eigenvalue weighted by Gasteiger charge is 2.18. The molecule has 0 aliphatic carbocycles. The lowest BCUT2D eigenvalue weighted by Crippen LogP contribution is -1.90. The van der Waals surface area contributed by atoms with Crippen LogP contribution in [0.5, 0.6) is 0 Å². The van der Waals surface area contributed by atoms with Crippen LogP contribution in [0.3, 0.4) is 0 Å². The monoisotopic (exact) mass is 612 g/mol. The van der Waals surface area contributed by atoms with Gasteiger partial charge in [0.15, 0.2) is 10.0 Å². The van der Waals surface area contributed by atoms with E-state index >= 15 is 0 Å². The van der Waals surface area contributed by atoms with Gasteiger partial charge in [0.05, 0.1) is 16.3 Å². The number of hydrogen-bond acceptors (Lipinski definition) is 6. The average molecular weight is 613 g/mol. The highest BCUT2D eigenvalue weighted by atomic mass is 32.1. The zero-order chi connectivity index (χ0) is 27.8. The van der Waals surface area contributed by atoms with E-state index in [0.29, 0.717) is 0 Å². The minimum Gasteiger partial charge on any atom is -0.239 e. The van der Waals surface area contributed by atoms with Crippen molar-refractivity contribution < 1.29 is 0 Å². The third kappa shape index (κ3) is 10.2. The number of hydrogen-bond donors (Lipinski definition) is 0. The molecule has 0 radical (unpaired) electrons. The molecular weight excluding hydrogens is 565 g/mol. The number of rotatable bonds is 21. The third-order valence-corrected chi connectivity index (χ3v) is 12.0. The van der Waals surface area contributed by atoms with Gasteiger partial charge in [0, 0.05) is 20.0 Å². The van der Waals surface area contributed by atoms with Gasteiger partial charge in [0.1, 0.15) is 0 Å². The van der Waals surface area contributed by atoms with Gasteiger partial charge in [0.2, 0.25) is 0 Å². The van der Waals surface area contributed by atoms with Crippen LogP contribution in [-0.2, 0) is 12.8 Å². The SMILES string of the molecule is CCCCCCCCCCc1csc(-c2nc(CCCCCCCCCC)c(-c3ccc(-c4cccs4)s3)s2)n1. The minimum absolute atomic E-state index is 1.07. The Morgan fingerprint density at radius 3 is 1.82 bits per heavy atom. The van der Waals surface area contributed by atoms with Crippen LogP contribution >= 0.6 is 45.3 Å². The van der Waals surface area contributed by atoms with Crippen molar-refractivity contribution in [3.05, 3.63) is 46.4 Å². The number of thiophene rings is 2. The molecule has 2 nitrogen and oxygen atoms in total. The summed E-state index contributed by atoms with van der Waals surface area (Å²) >= 11 is 7.38. The molecule has 0 saturated heterocycles. The van der Waals surface area contributed by atoms with Crippen LogP contribution in [0.4, 0.5) is 0 Å². The molecule has 4 rings (SSSR count). The van der Waals surface area contributed by atoms with E-state index < -0.39 is 0 Å². The number of aryl methyl sites for hydroxylation is 2. The third-order valence-electron chi connectivity index (χ3n) is 7.58. The second kappa shape index (κ2) is 18.3. The summed E-state index contributed by atoms with van der Waals surface area (Å²) in [6.07, 6.45) is 23.8. The van der Waals surface area contributed by atoms with Gasteiger partial charge < -0.3 is 0 Å². The van der Waals surface area contributed by atoms with Gasteiger partial charge in [-0.25, -0.2) is 9.97 Å². The molecular formula is C34H48N2S4. The molecule has 0 amide bonds. The number of unbranched alkanes of at least 4 members (excludes halogenated alkanes) is 14. The molecule has 4 aromatic heterocycles. The van der Waals surface area contributed by atoms with Crippen LogP contribution < -0.4 is 0 Å². The Bertz CT molecular complexity index is 1200. The molecule has 0 aliphatic heterocycles. The van der Waals surface area contributed by atoms with Gasteiger partial charge >= 0.3 is 0 Å². The number of thiazole rings is 2. The van der Waals surface area contributed by atoms with Crippen molar-refractivity contribution in [1.82, 2.24) is 9.97 Å². The van der Waals surface area contributed by atoms with Gasteiger partial charge in [-0.1, -0.05) is 110 Å². The van der Waals surface area contributed by atoms with Crippen molar-refractivity contribution in [3.63, 3.8) is 0 Å². The Balaban J connectivity index is 1.36. The maximum atomic E-state index is 5.22. The summed E-state index contributed by atoms with van der Waals surface area (Å²) in [7, 11) is 0. The largest absolute Gasteiger partial charge is 0.239 e. The fourth-order valence-corrected chi connectivity index (χ4v) is 9.18. The van der Waals surface area contributed by atoms with Crippen LogP contribution in [0.25, 0.3) is 29.5 Å². The molecule has 6 heteroatoms. The van der Waals surface area contributed by atoms with E-state index in [9.17, 15) is 0 Å². The zero-order valence-corrected chi connectivity index (χ0v) is 28.0. The van der Waals surface area contributed by atoms with Crippen molar-refractivity contribution in [1.29, 1.82) is 0 Å². The summed E-state index contributed by atoms with van der Waals surface area (Å²) in [5, 5.41) is 6.66. The Morgan fingerprint density at radius 1 is 0.550 bits per heavy atom. The zero-order valence-electron chi connectivity index (χ0n) is 24.7. The quantitative estimate of drug-likeness (QED) is 0.0875. The van der Waals surface area contributed by atoms with Crippen LogP contribution in [0.2, 0.25) is 0 Å². The van der Waals surface area contributed by atoms with E-state index in [0.717, 1.165) is 22.9 Å². The van der Waals surface area contributed by atoms with E-state index in [1.54, 1.807) is 11.3 Å². The van der Waals surface area contributed by atoms with E-state index in [-0.39, 0.29) is 0 Å². The lowest BCUT2D eigenvalue weighted by Gasteiger charge is -2.02. The lowest BCUT2D eigenvalue weighted by atomic mass is 10.1. The summed E-state index contributed by atoms with van der Waals surface area (Å²) < 4.78 is 0. The molecule has 0 aromatic carbocycles. The average Bonchev–Trinajstić information content (AvgIpc) is 3.78. The molecule has 0 unspecified atom stereocenters. The van der Waals surface area contributed by atoms with Crippen LogP contribution in [0.15, 0.2) is 35.0 Å². The molecule has 40 heavy (non-hydrogen) atoms. The van der Waals surface area contributed by atoms with E-state index in [1.807, 2.05) is 34.0 Å². The van der Waals surface area contributed by atoms with Gasteiger partial charge in [-0.3, -0.25) is 0 Å². The maximum Gasteiger partial charge on any atom is 0.153 e. The molecule has 218 valence electrons. The van der Waals surface area contributed by atoms with Crippen molar-refractivity contribution in [2.24, 2.45) is 0 Å². The molecule has 4 aromatic rings. The maximum absolute atomic E-state index is 5.22. The van der Waals surface area contributed by atoms with Gasteiger partial charge in [-0.2, -0.15) is 0 Å². The fraction of sp³-hybridized carbons (Fsp3) is 0.588. The van der Waals surface area contributed by atoms with Crippen molar-refractivity contribution in [2.45, 2.75) is 129 Å². The Labute approximate surface area is 259 Å². The van der Waals surface area contributed by atoms with Gasteiger partial charge in [0.25, 0.3) is 0 Å². The van der Waals surface area contributed by atoms with Crippen LogP contribution in [-0.4, -0.2) is 9.97 Å². The lowest BCUT2D eigenvalue weighted by molar-refractivity contribution is 0.574. The molecule has 0 N–H and O–H groups in total. The summed E-state index contributed by atoms with van der Waals surface area (Å²) in [6.45, 7) is 4.58. The van der Waals surface area contributed by atoms with Crippen molar-refractivity contribution in [2.75, 3.05) is 0 Å². The van der Waals surface area contributed by atoms with E-state index in [1.165, 1.54) is 134 Å². The van der Waals surface area contributed by atoms with Gasteiger partial charge in [-0.05, 0) is 49.3 Å². The van der Waals surface area contributed by atoms with Crippen LogP contribution in [0, 0.1) is 0 Å². The fourth-order valence-electron chi connectivity index (χ4n) is 5.20. The number of nitrogens with zero attached hydrogens (tertiary/aromatic N) is 2. The molecule has 0 fully saturated rings. The summed E-state index contributed by atoms with van der Waals surface area (Å²) in [6, 6.07) is 8.97. The Kier molecular flexibility index (Phi) is 14.4. The van der Waals surface area contributed by atoms with Gasteiger partial charge in [-0.15, -0.1) is 45.3 Å².